The van der Waals surface area contributed by atoms with E-state index in [9.17, 15) is 0 Å². The van der Waals surface area contributed by atoms with Gasteiger partial charge >= 0.3 is 0 Å². The molecular weight excluding hydrogens is 336 g/mol. The molecule has 0 N–H and O–H groups in total. The van der Waals surface area contributed by atoms with Gasteiger partial charge in [-0.1, -0.05) is 47.8 Å². The number of hydrogen-bond donors (Lipinski definition) is 0. The Bertz CT molecular complexity index is 425. The van der Waals surface area contributed by atoms with Crippen LogP contribution in [0, 0.1) is 0 Å². The fraction of sp³-hybridized carbons (Fsp3) is 0.429. The molecule has 0 nitrogen and oxygen atoms in total. The molecule has 0 bridgehead atoms. The summed E-state index contributed by atoms with van der Waals surface area (Å²) in [5, 5.41) is 0. The smallest absolute Gasteiger partial charge is 0.0621 e. The van der Waals surface area contributed by atoms with Crippen molar-refractivity contribution in [1.29, 1.82) is 0 Å². The first-order chi connectivity index (χ1) is 11.6. The molecule has 0 aromatic carbocycles. The third kappa shape index (κ3) is 3.53. The Kier molecular flexibility index (Phi) is 8.40. The standard InChI is InChI=1S/C21H36Si3/c1-7-13-21(14-8-2)23(15-9-3,16-10-4)19-22-20-24(21,17-11-5)18-12-6/h7-12H,1-6,13-20,22H2. The van der Waals surface area contributed by atoms with Gasteiger partial charge in [0.2, 0.25) is 0 Å². The summed E-state index contributed by atoms with van der Waals surface area (Å²) in [6.45, 7) is 24.9. The molecule has 0 amide bonds. The lowest BCUT2D eigenvalue weighted by Crippen LogP contribution is -2.66. The summed E-state index contributed by atoms with van der Waals surface area (Å²) >= 11 is 0. The molecule has 0 aromatic heterocycles. The summed E-state index contributed by atoms with van der Waals surface area (Å²) in [4.78, 5) is 0. The van der Waals surface area contributed by atoms with Gasteiger partial charge in [0.1, 0.15) is 0 Å². The predicted octanol–water partition coefficient (Wildman–Crippen LogP) is 6.16. The van der Waals surface area contributed by atoms with Gasteiger partial charge in [0.05, 0.1) is 16.1 Å². The lowest BCUT2D eigenvalue weighted by Gasteiger charge is -2.62. The van der Waals surface area contributed by atoms with Gasteiger partial charge in [-0.25, -0.2) is 0 Å². The summed E-state index contributed by atoms with van der Waals surface area (Å²) in [6, 6.07) is 4.88. The molecule has 0 unspecified atom stereocenters. The summed E-state index contributed by atoms with van der Waals surface area (Å²) < 4.78 is 0.402. The molecule has 1 saturated heterocycles. The first kappa shape index (κ1) is 21.1. The van der Waals surface area contributed by atoms with Gasteiger partial charge in [-0.15, -0.1) is 39.5 Å². The highest BCUT2D eigenvalue weighted by molar-refractivity contribution is 7.10. The van der Waals surface area contributed by atoms with E-state index in [2.05, 4.69) is 75.9 Å². The van der Waals surface area contributed by atoms with Crippen molar-refractivity contribution in [3.05, 3.63) is 75.9 Å². The molecule has 1 heterocycles. The molecule has 0 aliphatic carbocycles. The Labute approximate surface area is 154 Å². The maximum Gasteiger partial charge on any atom is 0.0621 e. The number of allylic oxidation sites excluding steroid dienone is 6. The van der Waals surface area contributed by atoms with Crippen molar-refractivity contribution in [3.63, 3.8) is 0 Å². The first-order valence-electron chi connectivity index (χ1n) is 9.23. The summed E-state index contributed by atoms with van der Waals surface area (Å²) in [7, 11) is -3.15. The van der Waals surface area contributed by atoms with E-state index in [1.54, 1.807) is 0 Å². The molecule has 0 atom stereocenters. The van der Waals surface area contributed by atoms with Crippen LogP contribution in [0.4, 0.5) is 0 Å². The Balaban J connectivity index is 3.71. The Morgan fingerprint density at radius 1 is 0.625 bits per heavy atom. The van der Waals surface area contributed by atoms with E-state index >= 15 is 0 Å². The van der Waals surface area contributed by atoms with Crippen LogP contribution in [-0.2, 0) is 0 Å². The van der Waals surface area contributed by atoms with E-state index in [-0.39, 0.29) is 9.52 Å². The van der Waals surface area contributed by atoms with Crippen molar-refractivity contribution in [2.75, 3.05) is 0 Å². The van der Waals surface area contributed by atoms with Gasteiger partial charge in [-0.05, 0) is 41.7 Å². The van der Waals surface area contributed by atoms with Gasteiger partial charge in [-0.2, -0.15) is 0 Å². The topological polar surface area (TPSA) is 0 Å². The first-order valence-corrected chi connectivity index (χ1v) is 16.5. The maximum absolute atomic E-state index is 4.17. The third-order valence-electron chi connectivity index (χ3n) is 6.47. The molecule has 0 spiro atoms. The van der Waals surface area contributed by atoms with Crippen molar-refractivity contribution < 1.29 is 0 Å². The average molecular weight is 373 g/mol. The van der Waals surface area contributed by atoms with Gasteiger partial charge in [0.25, 0.3) is 0 Å². The SMILES string of the molecule is C=CCC1(CC=C)[Si](CC=C)(CC=C)C[SiH2]C[Si]1(CC=C)CC=C. The Morgan fingerprint density at radius 2 is 0.958 bits per heavy atom. The highest BCUT2D eigenvalue weighted by Gasteiger charge is 2.62. The van der Waals surface area contributed by atoms with Gasteiger partial charge in [0.15, 0.2) is 0 Å². The molecule has 1 aliphatic heterocycles. The van der Waals surface area contributed by atoms with Crippen LogP contribution in [0.15, 0.2) is 75.9 Å². The van der Waals surface area contributed by atoms with Crippen LogP contribution < -0.4 is 0 Å². The van der Waals surface area contributed by atoms with E-state index in [4.69, 9.17) is 0 Å². The normalized spacial score (nSPS) is 20.5. The lowest BCUT2D eigenvalue weighted by atomic mass is 10.2. The molecule has 132 valence electrons. The van der Waals surface area contributed by atoms with Crippen LogP contribution >= 0.6 is 0 Å². The zero-order valence-electron chi connectivity index (χ0n) is 15.6. The van der Waals surface area contributed by atoms with E-state index in [0.29, 0.717) is 4.66 Å². The summed E-state index contributed by atoms with van der Waals surface area (Å²) in [5.41, 5.74) is 3.05. The van der Waals surface area contributed by atoms with Crippen LogP contribution in [0.1, 0.15) is 12.8 Å². The Hall–Kier alpha value is -0.909. The second kappa shape index (κ2) is 9.54. The molecule has 1 rings (SSSR count). The van der Waals surface area contributed by atoms with Gasteiger partial charge in [0, 0.05) is 9.52 Å². The lowest BCUT2D eigenvalue weighted by molar-refractivity contribution is 0.686. The van der Waals surface area contributed by atoms with Crippen molar-refractivity contribution in [2.45, 2.75) is 53.0 Å². The zero-order valence-corrected chi connectivity index (χ0v) is 19.0. The average Bonchev–Trinajstić information content (AvgIpc) is 2.54. The molecule has 0 saturated carbocycles. The minimum absolute atomic E-state index is 0.0200. The fourth-order valence-electron chi connectivity index (χ4n) is 5.71. The van der Waals surface area contributed by atoms with Crippen LogP contribution in [0.2, 0.25) is 40.2 Å². The van der Waals surface area contributed by atoms with E-state index in [0.717, 1.165) is 12.8 Å². The zero-order chi connectivity index (χ0) is 18.1. The van der Waals surface area contributed by atoms with Crippen LogP contribution in [0.25, 0.3) is 0 Å². The maximum atomic E-state index is 4.17. The fourth-order valence-corrected chi connectivity index (χ4v) is 34.9. The minimum atomic E-state index is -1.56. The van der Waals surface area contributed by atoms with Gasteiger partial charge in [-0.3, -0.25) is 0 Å². The van der Waals surface area contributed by atoms with Crippen LogP contribution in [0.3, 0.4) is 0 Å². The quantitative estimate of drug-likeness (QED) is 0.284. The molecule has 24 heavy (non-hydrogen) atoms. The van der Waals surface area contributed by atoms with Gasteiger partial charge < -0.3 is 0 Å². The summed E-state index contributed by atoms with van der Waals surface area (Å²) in [5.74, 6) is 0. The monoisotopic (exact) mass is 372 g/mol. The molecule has 0 aromatic rings. The minimum Gasteiger partial charge on any atom is -0.103 e. The van der Waals surface area contributed by atoms with E-state index < -0.39 is 16.1 Å². The van der Waals surface area contributed by atoms with Crippen molar-refractivity contribution in [3.8, 4) is 0 Å². The number of rotatable bonds is 12. The Morgan fingerprint density at radius 3 is 1.21 bits per heavy atom. The van der Waals surface area contributed by atoms with Crippen molar-refractivity contribution in [1.82, 2.24) is 0 Å². The largest absolute Gasteiger partial charge is 0.103 e. The molecular formula is C21H36Si3. The van der Waals surface area contributed by atoms with Crippen molar-refractivity contribution in [2.24, 2.45) is 0 Å². The van der Waals surface area contributed by atoms with Crippen LogP contribution in [0.5, 0.6) is 0 Å². The second-order valence-electron chi connectivity index (χ2n) is 7.45. The molecule has 1 aliphatic rings. The predicted molar refractivity (Wildman–Crippen MR) is 122 cm³/mol. The molecule has 3 heteroatoms. The molecule has 0 radical (unpaired) electrons. The summed E-state index contributed by atoms with van der Waals surface area (Å²) in [6.07, 6.45) is 15.5. The van der Waals surface area contributed by atoms with E-state index in [1.165, 1.54) is 35.5 Å². The second-order valence-corrected chi connectivity index (χ2v) is 21.3. The highest BCUT2D eigenvalue weighted by atomic mass is 28.4. The third-order valence-corrected chi connectivity index (χ3v) is 29.3. The number of hydrogen-bond acceptors (Lipinski definition) is 0. The van der Waals surface area contributed by atoms with E-state index in [1.807, 2.05) is 0 Å². The highest BCUT2D eigenvalue weighted by Crippen LogP contribution is 2.63. The van der Waals surface area contributed by atoms with Crippen molar-refractivity contribution >= 4 is 25.7 Å². The molecule has 1 fully saturated rings. The van der Waals surface area contributed by atoms with Crippen LogP contribution in [-0.4, -0.2) is 25.7 Å².